The van der Waals surface area contributed by atoms with Crippen LogP contribution in [0.4, 0.5) is 15.8 Å². The molecule has 0 bridgehead atoms. The number of carbonyl (C=O) groups excluding carboxylic acids is 2. The van der Waals surface area contributed by atoms with Crippen molar-refractivity contribution in [3.63, 3.8) is 0 Å². The molecule has 8 heteroatoms. The van der Waals surface area contributed by atoms with E-state index in [9.17, 15) is 9.59 Å². The maximum Gasteiger partial charge on any atom is 0.270 e. The van der Waals surface area contributed by atoms with Gasteiger partial charge in [-0.25, -0.2) is 4.39 Å². The maximum absolute atomic E-state index is 15.1. The van der Waals surface area contributed by atoms with Crippen LogP contribution in [0.2, 0.25) is 5.02 Å². The largest absolute Gasteiger partial charge is 0.369 e. The number of thiocarbonyl (C=S) groups is 1. The molecule has 32 heavy (non-hydrogen) atoms. The van der Waals surface area contributed by atoms with Crippen molar-refractivity contribution in [3.05, 3.63) is 63.9 Å². The smallest absolute Gasteiger partial charge is 0.270 e. The van der Waals surface area contributed by atoms with Gasteiger partial charge in [-0.3, -0.25) is 19.8 Å². The van der Waals surface area contributed by atoms with Crippen molar-refractivity contribution >= 4 is 58.2 Å². The lowest BCUT2D eigenvalue weighted by Crippen LogP contribution is -2.54. The van der Waals surface area contributed by atoms with Crippen molar-refractivity contribution in [1.29, 1.82) is 0 Å². The van der Waals surface area contributed by atoms with E-state index in [0.29, 0.717) is 10.7 Å². The van der Waals surface area contributed by atoms with Crippen LogP contribution in [-0.2, 0) is 9.59 Å². The van der Waals surface area contributed by atoms with Gasteiger partial charge in [0.15, 0.2) is 5.11 Å². The standard InChI is InChI=1S/C24H23ClFN3O2S/c1-13-12-24(2,3)28(4)20-11-19(26)14(9-17(13)20)10-18-21(30)27-23(32)29(22(18)31)16-7-5-15(25)6-8-16/h5-11,13H,12H2,1-4H3,(H,27,30,32)/b18-10-. The van der Waals surface area contributed by atoms with E-state index in [0.717, 1.165) is 17.7 Å². The van der Waals surface area contributed by atoms with Crippen LogP contribution in [0, 0.1) is 5.82 Å². The molecule has 1 atom stereocenters. The lowest BCUT2D eigenvalue weighted by Gasteiger charge is -2.45. The van der Waals surface area contributed by atoms with Crippen LogP contribution in [0.3, 0.4) is 0 Å². The first-order valence-electron chi connectivity index (χ1n) is 10.2. The first kappa shape index (κ1) is 22.4. The minimum atomic E-state index is -0.659. The molecule has 166 valence electrons. The zero-order chi connectivity index (χ0) is 23.4. The van der Waals surface area contributed by atoms with E-state index in [1.807, 2.05) is 7.05 Å². The summed E-state index contributed by atoms with van der Waals surface area (Å²) in [4.78, 5) is 29.0. The molecule has 1 fully saturated rings. The van der Waals surface area contributed by atoms with Crippen molar-refractivity contribution < 1.29 is 14.0 Å². The van der Waals surface area contributed by atoms with Crippen LogP contribution in [0.1, 0.15) is 44.2 Å². The topological polar surface area (TPSA) is 52.7 Å². The quantitative estimate of drug-likeness (QED) is 0.379. The van der Waals surface area contributed by atoms with Crippen LogP contribution in [0.5, 0.6) is 0 Å². The summed E-state index contributed by atoms with van der Waals surface area (Å²) in [7, 11) is 1.95. The Morgan fingerprint density at radius 1 is 1.22 bits per heavy atom. The number of benzene rings is 2. The highest BCUT2D eigenvalue weighted by molar-refractivity contribution is 7.80. The highest BCUT2D eigenvalue weighted by atomic mass is 35.5. The van der Waals surface area contributed by atoms with Gasteiger partial charge < -0.3 is 4.90 Å². The molecule has 2 aliphatic rings. The predicted octanol–water partition coefficient (Wildman–Crippen LogP) is 5.03. The highest BCUT2D eigenvalue weighted by Gasteiger charge is 2.37. The third-order valence-corrected chi connectivity index (χ3v) is 6.77. The third-order valence-electron chi connectivity index (χ3n) is 6.24. The van der Waals surface area contributed by atoms with Crippen molar-refractivity contribution in [1.82, 2.24) is 5.32 Å². The van der Waals surface area contributed by atoms with Gasteiger partial charge in [0.25, 0.3) is 11.8 Å². The van der Waals surface area contributed by atoms with Crippen LogP contribution in [0.25, 0.3) is 6.08 Å². The molecule has 0 saturated carbocycles. The normalized spacial score (nSPS) is 21.6. The van der Waals surface area contributed by atoms with Crippen molar-refractivity contribution in [3.8, 4) is 0 Å². The van der Waals surface area contributed by atoms with Gasteiger partial charge in [0.2, 0.25) is 0 Å². The molecule has 4 rings (SSSR count). The summed E-state index contributed by atoms with van der Waals surface area (Å²) >= 11 is 11.1. The van der Waals surface area contributed by atoms with Gasteiger partial charge in [-0.2, -0.15) is 0 Å². The lowest BCUT2D eigenvalue weighted by molar-refractivity contribution is -0.122. The van der Waals surface area contributed by atoms with Gasteiger partial charge in [0.1, 0.15) is 11.4 Å². The second kappa shape index (κ2) is 7.98. The first-order chi connectivity index (χ1) is 15.0. The monoisotopic (exact) mass is 471 g/mol. The molecule has 2 aliphatic heterocycles. The molecule has 0 aromatic heterocycles. The number of rotatable bonds is 2. The average Bonchev–Trinajstić information content (AvgIpc) is 2.71. The Morgan fingerprint density at radius 3 is 2.53 bits per heavy atom. The summed E-state index contributed by atoms with van der Waals surface area (Å²) in [5.41, 5.74) is 2.15. The number of anilines is 2. The molecule has 2 aromatic carbocycles. The van der Waals surface area contributed by atoms with Crippen molar-refractivity contribution in [2.24, 2.45) is 0 Å². The van der Waals surface area contributed by atoms with Crippen molar-refractivity contribution in [2.45, 2.75) is 38.6 Å². The minimum absolute atomic E-state index is 0.0390. The second-order valence-corrected chi connectivity index (χ2v) is 9.67. The fourth-order valence-corrected chi connectivity index (χ4v) is 4.76. The van der Waals surface area contributed by atoms with Gasteiger partial charge in [-0.1, -0.05) is 18.5 Å². The Hall–Kier alpha value is -2.77. The Labute approximate surface area is 196 Å². The Balaban J connectivity index is 1.77. The number of nitrogens with zero attached hydrogens (tertiary/aromatic N) is 2. The zero-order valence-corrected chi connectivity index (χ0v) is 19.8. The fourth-order valence-electron chi connectivity index (χ4n) is 4.35. The molecule has 1 unspecified atom stereocenters. The van der Waals surface area contributed by atoms with E-state index < -0.39 is 17.6 Å². The number of carbonyl (C=O) groups is 2. The molecular formula is C24H23ClFN3O2S. The molecule has 1 saturated heterocycles. The molecule has 5 nitrogen and oxygen atoms in total. The van der Waals surface area contributed by atoms with Gasteiger partial charge in [0.05, 0.1) is 5.69 Å². The summed E-state index contributed by atoms with van der Waals surface area (Å²) in [5, 5.41) is 2.98. The Bertz CT molecular complexity index is 1180. The number of hydrogen-bond acceptors (Lipinski definition) is 4. The summed E-state index contributed by atoms with van der Waals surface area (Å²) < 4.78 is 15.1. The van der Waals surface area contributed by atoms with Gasteiger partial charge in [0, 0.05) is 28.9 Å². The van der Waals surface area contributed by atoms with E-state index in [2.05, 4.69) is 31.0 Å². The van der Waals surface area contributed by atoms with Crippen LogP contribution >= 0.6 is 23.8 Å². The van der Waals surface area contributed by atoms with E-state index >= 15 is 4.39 Å². The van der Waals surface area contributed by atoms with Crippen LogP contribution in [0.15, 0.2) is 42.0 Å². The molecule has 0 spiro atoms. The number of halogens is 2. The van der Waals surface area contributed by atoms with Crippen LogP contribution < -0.4 is 15.1 Å². The molecule has 0 radical (unpaired) electrons. The molecule has 2 aromatic rings. The van der Waals surface area contributed by atoms with E-state index in [1.165, 1.54) is 17.0 Å². The molecule has 2 amide bonds. The summed E-state index contributed by atoms with van der Waals surface area (Å²) in [6.45, 7) is 6.35. The predicted molar refractivity (Wildman–Crippen MR) is 130 cm³/mol. The average molecular weight is 472 g/mol. The van der Waals surface area contributed by atoms with Gasteiger partial charge in [-0.05, 0) is 86.4 Å². The number of amides is 2. The summed E-state index contributed by atoms with van der Waals surface area (Å²) in [6, 6.07) is 9.70. The van der Waals surface area contributed by atoms with Gasteiger partial charge in [-0.15, -0.1) is 0 Å². The van der Waals surface area contributed by atoms with E-state index in [4.69, 9.17) is 23.8 Å². The highest BCUT2D eigenvalue weighted by Crippen LogP contribution is 2.43. The van der Waals surface area contributed by atoms with Gasteiger partial charge >= 0.3 is 0 Å². The molecule has 2 heterocycles. The maximum atomic E-state index is 15.1. The van der Waals surface area contributed by atoms with E-state index in [-0.39, 0.29) is 27.7 Å². The molecule has 0 aliphatic carbocycles. The molecular weight excluding hydrogens is 449 g/mol. The second-order valence-electron chi connectivity index (χ2n) is 8.84. The number of nitrogens with one attached hydrogen (secondary N) is 1. The van der Waals surface area contributed by atoms with Crippen molar-refractivity contribution in [2.75, 3.05) is 16.8 Å². The fraction of sp³-hybridized carbons (Fsp3) is 0.292. The number of fused-ring (bicyclic) bond motifs is 1. The first-order valence-corrected chi connectivity index (χ1v) is 11.0. The number of hydrogen-bond donors (Lipinski definition) is 1. The SMILES string of the molecule is CC1CC(C)(C)N(C)c2cc(F)c(/C=C3/C(=O)NC(=S)N(c4ccc(Cl)cc4)C3=O)cc21. The van der Waals surface area contributed by atoms with E-state index in [1.54, 1.807) is 30.3 Å². The third kappa shape index (κ3) is 3.80. The summed E-state index contributed by atoms with van der Waals surface area (Å²) in [6.07, 6.45) is 2.20. The minimum Gasteiger partial charge on any atom is -0.369 e. The zero-order valence-electron chi connectivity index (χ0n) is 18.2. The Kier molecular flexibility index (Phi) is 5.59. The van der Waals surface area contributed by atoms with Crippen LogP contribution in [-0.4, -0.2) is 29.5 Å². The summed E-state index contributed by atoms with van der Waals surface area (Å²) in [5.74, 6) is -1.58. The lowest BCUT2D eigenvalue weighted by atomic mass is 9.80. The molecule has 1 N–H and O–H groups in total. The Morgan fingerprint density at radius 2 is 1.88 bits per heavy atom.